The summed E-state index contributed by atoms with van der Waals surface area (Å²) < 4.78 is 13.1. The molecule has 4 amide bonds. The number of hydrogen-bond acceptors (Lipinski definition) is 6. The Kier molecular flexibility index (Phi) is 12.9. The van der Waals surface area contributed by atoms with Crippen molar-refractivity contribution in [3.8, 4) is 0 Å². The van der Waals surface area contributed by atoms with Crippen molar-refractivity contribution in [3.63, 3.8) is 0 Å². The van der Waals surface area contributed by atoms with Crippen LogP contribution in [0.3, 0.4) is 0 Å². The number of rotatable bonds is 14. The second-order valence-electron chi connectivity index (χ2n) is 9.59. The smallest absolute Gasteiger partial charge is 0.268 e. The third-order valence-electron chi connectivity index (χ3n) is 5.93. The molecular weight excluding hydrogens is 519 g/mol. The van der Waals surface area contributed by atoms with E-state index in [1.807, 2.05) is 19.9 Å². The first-order valence-corrected chi connectivity index (χ1v) is 12.8. The van der Waals surface area contributed by atoms with Gasteiger partial charge in [0.1, 0.15) is 23.9 Å². The van der Waals surface area contributed by atoms with E-state index in [0.717, 1.165) is 10.6 Å². The van der Waals surface area contributed by atoms with E-state index in [4.69, 9.17) is 4.84 Å². The molecule has 10 nitrogen and oxygen atoms in total. The van der Waals surface area contributed by atoms with Gasteiger partial charge in [-0.2, -0.15) is 0 Å². The standard InChI is InChI=1S/C29H37FN4O6/c1-19(2)16-24(29(39)34(3)40-4)32-28(38)25(18-35)33-27(37)23(17-21-8-6-5-7-9-21)31-26(36)15-12-20-10-13-22(30)14-11-20/h5-15,19,23-25,35H,16-18H2,1-4H3,(H,31,36)(H,32,38)(H,33,37)/b15-12+/t23-,24-,25-/m0/s1. The van der Waals surface area contributed by atoms with Crippen molar-refractivity contribution in [2.24, 2.45) is 5.92 Å². The molecule has 2 rings (SSSR count). The predicted molar refractivity (Wildman–Crippen MR) is 148 cm³/mol. The van der Waals surface area contributed by atoms with Gasteiger partial charge in [0.25, 0.3) is 5.91 Å². The minimum atomic E-state index is -1.38. The number of carbonyl (C=O) groups excluding carboxylic acids is 4. The Labute approximate surface area is 233 Å². The number of hydroxylamine groups is 2. The van der Waals surface area contributed by atoms with Crippen LogP contribution in [0.5, 0.6) is 0 Å². The van der Waals surface area contributed by atoms with Crippen molar-refractivity contribution in [1.82, 2.24) is 21.0 Å². The molecule has 11 heteroatoms. The van der Waals surface area contributed by atoms with Crippen molar-refractivity contribution < 1.29 is 33.5 Å². The van der Waals surface area contributed by atoms with E-state index in [0.29, 0.717) is 12.0 Å². The van der Waals surface area contributed by atoms with E-state index < -0.39 is 54.2 Å². The van der Waals surface area contributed by atoms with E-state index in [1.165, 1.54) is 50.6 Å². The highest BCUT2D eigenvalue weighted by molar-refractivity contribution is 5.97. The van der Waals surface area contributed by atoms with Gasteiger partial charge in [-0.05, 0) is 41.7 Å². The highest BCUT2D eigenvalue weighted by Gasteiger charge is 2.31. The number of amides is 4. The maximum Gasteiger partial charge on any atom is 0.268 e. The lowest BCUT2D eigenvalue weighted by Crippen LogP contribution is -2.58. The number of aliphatic hydroxyl groups excluding tert-OH is 1. The monoisotopic (exact) mass is 556 g/mol. The first kappa shape index (κ1) is 32.1. The molecule has 0 bridgehead atoms. The molecule has 216 valence electrons. The van der Waals surface area contributed by atoms with Crippen LogP contribution >= 0.6 is 0 Å². The fourth-order valence-electron chi connectivity index (χ4n) is 3.77. The van der Waals surface area contributed by atoms with Crippen molar-refractivity contribution in [2.45, 2.75) is 44.8 Å². The van der Waals surface area contributed by atoms with Crippen LogP contribution in [0.15, 0.2) is 60.7 Å². The summed E-state index contributed by atoms with van der Waals surface area (Å²) in [5, 5.41) is 18.6. The summed E-state index contributed by atoms with van der Waals surface area (Å²) in [4.78, 5) is 56.5. The first-order valence-electron chi connectivity index (χ1n) is 12.8. The highest BCUT2D eigenvalue weighted by Crippen LogP contribution is 2.09. The molecule has 0 aromatic heterocycles. The molecule has 0 spiro atoms. The number of nitrogens with zero attached hydrogens (tertiary/aromatic N) is 1. The molecule has 0 aliphatic rings. The van der Waals surface area contributed by atoms with Gasteiger partial charge in [-0.1, -0.05) is 56.3 Å². The molecule has 0 saturated carbocycles. The van der Waals surface area contributed by atoms with Crippen LogP contribution in [0.1, 0.15) is 31.4 Å². The third kappa shape index (κ3) is 10.6. The Bertz CT molecular complexity index is 1160. The Balaban J connectivity index is 2.16. The van der Waals surface area contributed by atoms with Gasteiger partial charge in [-0.3, -0.25) is 24.0 Å². The molecular formula is C29H37FN4O6. The molecule has 0 fully saturated rings. The normalized spacial score (nSPS) is 13.4. The second-order valence-corrected chi connectivity index (χ2v) is 9.59. The zero-order valence-corrected chi connectivity index (χ0v) is 23.1. The van der Waals surface area contributed by atoms with Crippen LogP contribution in [0.25, 0.3) is 6.08 Å². The maximum atomic E-state index is 13.2. The number of hydrogen-bond donors (Lipinski definition) is 4. The molecule has 40 heavy (non-hydrogen) atoms. The quantitative estimate of drug-likeness (QED) is 0.206. The van der Waals surface area contributed by atoms with Gasteiger partial charge in [0.15, 0.2) is 0 Å². The number of benzene rings is 2. The zero-order valence-electron chi connectivity index (χ0n) is 23.1. The van der Waals surface area contributed by atoms with Crippen molar-refractivity contribution in [1.29, 1.82) is 0 Å². The lowest BCUT2D eigenvalue weighted by Gasteiger charge is -2.26. The summed E-state index contributed by atoms with van der Waals surface area (Å²) in [7, 11) is 2.73. The van der Waals surface area contributed by atoms with Crippen LogP contribution in [0.4, 0.5) is 4.39 Å². The van der Waals surface area contributed by atoms with Gasteiger partial charge in [0.2, 0.25) is 17.7 Å². The molecule has 0 aliphatic carbocycles. The fraction of sp³-hybridized carbons (Fsp3) is 0.379. The Morgan fingerprint density at radius 2 is 1.52 bits per heavy atom. The van der Waals surface area contributed by atoms with E-state index in [2.05, 4.69) is 16.0 Å². The Hall–Kier alpha value is -4.09. The van der Waals surface area contributed by atoms with Gasteiger partial charge in [0, 0.05) is 19.5 Å². The van der Waals surface area contributed by atoms with Crippen molar-refractivity contribution >= 4 is 29.7 Å². The SMILES string of the molecule is CON(C)C(=O)[C@H](CC(C)C)NC(=O)[C@H](CO)NC(=O)[C@H](Cc1ccccc1)NC(=O)/C=C/c1ccc(F)cc1. The average Bonchev–Trinajstić information content (AvgIpc) is 2.94. The largest absolute Gasteiger partial charge is 0.394 e. The summed E-state index contributed by atoms with van der Waals surface area (Å²) in [6.45, 7) is 3.02. The minimum Gasteiger partial charge on any atom is -0.394 e. The maximum absolute atomic E-state index is 13.2. The molecule has 2 aromatic carbocycles. The molecule has 0 unspecified atom stereocenters. The number of likely N-dealkylation sites (N-methyl/N-ethyl adjacent to an activating group) is 1. The van der Waals surface area contributed by atoms with Crippen LogP contribution in [-0.2, 0) is 30.4 Å². The summed E-state index contributed by atoms with van der Waals surface area (Å²) >= 11 is 0. The van der Waals surface area contributed by atoms with Crippen LogP contribution in [-0.4, -0.2) is 72.7 Å². The summed E-state index contributed by atoms with van der Waals surface area (Å²) in [5.41, 5.74) is 1.34. The number of nitrogens with one attached hydrogen (secondary N) is 3. The predicted octanol–water partition coefficient (Wildman–Crippen LogP) is 1.59. The van der Waals surface area contributed by atoms with Crippen LogP contribution in [0, 0.1) is 11.7 Å². The molecule has 0 radical (unpaired) electrons. The van der Waals surface area contributed by atoms with Crippen molar-refractivity contribution in [2.75, 3.05) is 20.8 Å². The average molecular weight is 557 g/mol. The number of halogens is 1. The van der Waals surface area contributed by atoms with E-state index in [-0.39, 0.29) is 12.3 Å². The summed E-state index contributed by atoms with van der Waals surface area (Å²) in [6.07, 6.45) is 3.09. The molecule has 0 heterocycles. The van der Waals surface area contributed by atoms with Gasteiger partial charge < -0.3 is 21.1 Å². The van der Waals surface area contributed by atoms with Gasteiger partial charge in [-0.25, -0.2) is 9.45 Å². The number of carbonyl (C=O) groups is 4. The Morgan fingerprint density at radius 1 is 0.925 bits per heavy atom. The van der Waals surface area contributed by atoms with E-state index in [1.54, 1.807) is 24.3 Å². The van der Waals surface area contributed by atoms with Crippen LogP contribution < -0.4 is 16.0 Å². The topological polar surface area (TPSA) is 137 Å². The van der Waals surface area contributed by atoms with Crippen LogP contribution in [0.2, 0.25) is 0 Å². The summed E-state index contributed by atoms with van der Waals surface area (Å²) in [6, 6.07) is 11.0. The Morgan fingerprint density at radius 3 is 2.10 bits per heavy atom. The minimum absolute atomic E-state index is 0.0510. The van der Waals surface area contributed by atoms with Gasteiger partial charge >= 0.3 is 0 Å². The highest BCUT2D eigenvalue weighted by atomic mass is 19.1. The fourth-order valence-corrected chi connectivity index (χ4v) is 3.77. The molecule has 4 N–H and O–H groups in total. The first-order chi connectivity index (χ1) is 19.0. The number of aliphatic hydroxyl groups is 1. The molecule has 0 saturated heterocycles. The summed E-state index contributed by atoms with van der Waals surface area (Å²) in [5.74, 6) is -2.91. The van der Waals surface area contributed by atoms with Crippen molar-refractivity contribution in [3.05, 3.63) is 77.6 Å². The molecule has 2 aromatic rings. The second kappa shape index (κ2) is 16.1. The zero-order chi connectivity index (χ0) is 29.7. The molecule has 3 atom stereocenters. The lowest BCUT2D eigenvalue weighted by molar-refractivity contribution is -0.172. The van der Waals surface area contributed by atoms with Gasteiger partial charge in [-0.15, -0.1) is 0 Å². The van der Waals surface area contributed by atoms with Gasteiger partial charge in [0.05, 0.1) is 13.7 Å². The van der Waals surface area contributed by atoms with E-state index >= 15 is 0 Å². The lowest BCUT2D eigenvalue weighted by atomic mass is 10.0. The third-order valence-corrected chi connectivity index (χ3v) is 5.93. The molecule has 0 aliphatic heterocycles. The van der Waals surface area contributed by atoms with E-state index in [9.17, 15) is 28.7 Å².